The SMILES string of the molecule is CN(C)c1ccc2c3c(cccc13)C(=O)N2C. The minimum Gasteiger partial charge on any atom is -0.377 e. The van der Waals surface area contributed by atoms with E-state index in [1.54, 1.807) is 4.90 Å². The highest BCUT2D eigenvalue weighted by atomic mass is 16.2. The number of carbonyl (C=O) groups excluding carboxylic acids is 1. The Bertz CT molecular complexity index is 631. The van der Waals surface area contributed by atoms with Gasteiger partial charge in [-0.3, -0.25) is 4.79 Å². The Hall–Kier alpha value is -2.03. The summed E-state index contributed by atoms with van der Waals surface area (Å²) in [6.45, 7) is 0. The zero-order chi connectivity index (χ0) is 12.2. The fourth-order valence-electron chi connectivity index (χ4n) is 2.51. The Morgan fingerprint density at radius 2 is 1.88 bits per heavy atom. The van der Waals surface area contributed by atoms with Gasteiger partial charge in [0.05, 0.1) is 5.69 Å². The molecule has 1 heterocycles. The molecule has 0 saturated heterocycles. The first-order chi connectivity index (χ1) is 8.11. The van der Waals surface area contributed by atoms with Gasteiger partial charge in [-0.15, -0.1) is 0 Å². The normalized spacial score (nSPS) is 13.6. The van der Waals surface area contributed by atoms with Gasteiger partial charge in [0.2, 0.25) is 0 Å². The summed E-state index contributed by atoms with van der Waals surface area (Å²) in [5, 5.41) is 2.22. The van der Waals surface area contributed by atoms with Crippen molar-refractivity contribution in [2.45, 2.75) is 0 Å². The van der Waals surface area contributed by atoms with Gasteiger partial charge in [-0.05, 0) is 18.2 Å². The minimum absolute atomic E-state index is 0.0847. The van der Waals surface area contributed by atoms with Gasteiger partial charge >= 0.3 is 0 Å². The van der Waals surface area contributed by atoms with Crippen LogP contribution < -0.4 is 9.80 Å². The molecule has 0 bridgehead atoms. The summed E-state index contributed by atoms with van der Waals surface area (Å²) in [7, 11) is 5.86. The molecule has 0 fully saturated rings. The highest BCUT2D eigenvalue weighted by Crippen LogP contribution is 2.40. The molecule has 0 atom stereocenters. The van der Waals surface area contributed by atoms with Crippen LogP contribution in [0, 0.1) is 0 Å². The van der Waals surface area contributed by atoms with Crippen LogP contribution in [0.5, 0.6) is 0 Å². The van der Waals surface area contributed by atoms with Crippen molar-refractivity contribution in [3.8, 4) is 0 Å². The zero-order valence-corrected chi connectivity index (χ0v) is 10.2. The number of nitrogens with zero attached hydrogens (tertiary/aromatic N) is 2. The predicted molar refractivity (Wildman–Crippen MR) is 71.0 cm³/mol. The molecule has 17 heavy (non-hydrogen) atoms. The second-order valence-electron chi connectivity index (χ2n) is 4.59. The van der Waals surface area contributed by atoms with E-state index in [0.717, 1.165) is 27.7 Å². The Kier molecular flexibility index (Phi) is 1.93. The Labute approximate surface area is 100 Å². The van der Waals surface area contributed by atoms with Crippen LogP contribution in [0.1, 0.15) is 10.4 Å². The smallest absolute Gasteiger partial charge is 0.258 e. The number of hydrogen-bond acceptors (Lipinski definition) is 2. The number of rotatable bonds is 1. The molecule has 0 unspecified atom stereocenters. The van der Waals surface area contributed by atoms with E-state index in [1.165, 1.54) is 0 Å². The highest BCUT2D eigenvalue weighted by molar-refractivity contribution is 6.26. The second kappa shape index (κ2) is 3.23. The van der Waals surface area contributed by atoms with E-state index in [-0.39, 0.29) is 5.91 Å². The predicted octanol–water partition coefficient (Wildman–Crippen LogP) is 2.50. The number of benzene rings is 2. The van der Waals surface area contributed by atoms with E-state index in [4.69, 9.17) is 0 Å². The monoisotopic (exact) mass is 226 g/mol. The van der Waals surface area contributed by atoms with Crippen LogP contribution in [0.2, 0.25) is 0 Å². The summed E-state index contributed by atoms with van der Waals surface area (Å²) < 4.78 is 0. The number of carbonyl (C=O) groups is 1. The van der Waals surface area contributed by atoms with E-state index in [2.05, 4.69) is 17.0 Å². The average molecular weight is 226 g/mol. The van der Waals surface area contributed by atoms with Crippen LogP contribution in [-0.2, 0) is 0 Å². The van der Waals surface area contributed by atoms with E-state index >= 15 is 0 Å². The molecule has 1 aliphatic rings. The fraction of sp³-hybridized carbons (Fsp3) is 0.214. The third-order valence-corrected chi connectivity index (χ3v) is 3.37. The van der Waals surface area contributed by atoms with Crippen LogP contribution in [0.15, 0.2) is 30.3 Å². The van der Waals surface area contributed by atoms with Crippen molar-refractivity contribution in [2.24, 2.45) is 0 Å². The van der Waals surface area contributed by atoms with Crippen LogP contribution in [0.25, 0.3) is 10.8 Å². The molecular formula is C14H14N2O. The first-order valence-corrected chi connectivity index (χ1v) is 5.62. The van der Waals surface area contributed by atoms with E-state index < -0.39 is 0 Å². The zero-order valence-electron chi connectivity index (χ0n) is 10.2. The average Bonchev–Trinajstić information content (AvgIpc) is 2.57. The highest BCUT2D eigenvalue weighted by Gasteiger charge is 2.27. The van der Waals surface area contributed by atoms with Gasteiger partial charge in [0.1, 0.15) is 0 Å². The van der Waals surface area contributed by atoms with Gasteiger partial charge in [0.25, 0.3) is 5.91 Å². The Morgan fingerprint density at radius 3 is 2.59 bits per heavy atom. The molecule has 3 nitrogen and oxygen atoms in total. The van der Waals surface area contributed by atoms with Crippen LogP contribution in [0.4, 0.5) is 11.4 Å². The third kappa shape index (κ3) is 1.19. The molecule has 0 radical (unpaired) electrons. The van der Waals surface area contributed by atoms with E-state index in [1.807, 2.05) is 39.3 Å². The Balaban J connectivity index is 2.46. The lowest BCUT2D eigenvalue weighted by Gasteiger charge is -2.17. The lowest BCUT2D eigenvalue weighted by Crippen LogP contribution is -2.20. The van der Waals surface area contributed by atoms with Crippen molar-refractivity contribution in [1.82, 2.24) is 0 Å². The summed E-state index contributed by atoms with van der Waals surface area (Å²) >= 11 is 0. The molecule has 0 saturated carbocycles. The van der Waals surface area contributed by atoms with Gasteiger partial charge in [-0.25, -0.2) is 0 Å². The number of amides is 1. The molecule has 86 valence electrons. The van der Waals surface area contributed by atoms with Crippen molar-refractivity contribution in [3.63, 3.8) is 0 Å². The lowest BCUT2D eigenvalue weighted by atomic mass is 10.0. The van der Waals surface area contributed by atoms with Gasteiger partial charge in [-0.2, -0.15) is 0 Å². The molecular weight excluding hydrogens is 212 g/mol. The molecule has 1 amide bonds. The van der Waals surface area contributed by atoms with Crippen LogP contribution in [0.3, 0.4) is 0 Å². The Morgan fingerprint density at radius 1 is 1.12 bits per heavy atom. The van der Waals surface area contributed by atoms with Crippen molar-refractivity contribution in [3.05, 3.63) is 35.9 Å². The summed E-state index contributed by atoms with van der Waals surface area (Å²) in [5.41, 5.74) is 2.96. The summed E-state index contributed by atoms with van der Waals surface area (Å²) in [4.78, 5) is 15.9. The third-order valence-electron chi connectivity index (χ3n) is 3.37. The molecule has 2 aromatic rings. The largest absolute Gasteiger partial charge is 0.377 e. The maximum Gasteiger partial charge on any atom is 0.258 e. The van der Waals surface area contributed by atoms with Crippen LogP contribution in [-0.4, -0.2) is 27.1 Å². The van der Waals surface area contributed by atoms with Crippen molar-refractivity contribution < 1.29 is 4.79 Å². The standard InChI is InChI=1S/C14H14N2O/c1-15(2)11-7-8-12-13-9(11)5-4-6-10(13)14(17)16(12)3/h4-8H,1-3H3. The van der Waals surface area contributed by atoms with Crippen molar-refractivity contribution in [1.29, 1.82) is 0 Å². The molecule has 0 spiro atoms. The molecule has 3 rings (SSSR count). The molecule has 0 aliphatic carbocycles. The van der Waals surface area contributed by atoms with Crippen molar-refractivity contribution >= 4 is 28.1 Å². The van der Waals surface area contributed by atoms with Crippen molar-refractivity contribution in [2.75, 3.05) is 30.9 Å². The molecule has 3 heteroatoms. The first-order valence-electron chi connectivity index (χ1n) is 5.62. The lowest BCUT2D eigenvalue weighted by molar-refractivity contribution is 0.0999. The van der Waals surface area contributed by atoms with Gasteiger partial charge in [0, 0.05) is 43.2 Å². The van der Waals surface area contributed by atoms with Gasteiger partial charge < -0.3 is 9.80 Å². The summed E-state index contributed by atoms with van der Waals surface area (Å²) in [5.74, 6) is 0.0847. The molecule has 0 N–H and O–H groups in total. The summed E-state index contributed by atoms with van der Waals surface area (Å²) in [6.07, 6.45) is 0. The van der Waals surface area contributed by atoms with Gasteiger partial charge in [-0.1, -0.05) is 12.1 Å². The van der Waals surface area contributed by atoms with Crippen LogP contribution >= 0.6 is 0 Å². The summed E-state index contributed by atoms with van der Waals surface area (Å²) in [6, 6.07) is 10.0. The number of anilines is 2. The van der Waals surface area contributed by atoms with Gasteiger partial charge in [0.15, 0.2) is 0 Å². The molecule has 2 aromatic carbocycles. The molecule has 0 aromatic heterocycles. The molecule has 1 aliphatic heterocycles. The fourth-order valence-corrected chi connectivity index (χ4v) is 2.51. The number of hydrogen-bond donors (Lipinski definition) is 0. The van der Waals surface area contributed by atoms with E-state index in [9.17, 15) is 4.79 Å². The maximum absolute atomic E-state index is 12.1. The first kappa shape index (κ1) is 10.1. The second-order valence-corrected chi connectivity index (χ2v) is 4.59. The topological polar surface area (TPSA) is 23.6 Å². The quantitative estimate of drug-likeness (QED) is 0.746. The maximum atomic E-state index is 12.1. The minimum atomic E-state index is 0.0847. The van der Waals surface area contributed by atoms with E-state index in [0.29, 0.717) is 0 Å².